The van der Waals surface area contributed by atoms with Crippen LogP contribution in [-0.2, 0) is 6.61 Å². The van der Waals surface area contributed by atoms with Gasteiger partial charge in [-0.25, -0.2) is 4.39 Å². The molecule has 3 aromatic carbocycles. The zero-order valence-electron chi connectivity index (χ0n) is 19.4. The van der Waals surface area contributed by atoms with Crippen LogP contribution in [0.2, 0.25) is 0 Å². The summed E-state index contributed by atoms with van der Waals surface area (Å²) in [6.07, 6.45) is 1.01. The van der Waals surface area contributed by atoms with Crippen molar-refractivity contribution in [2.75, 3.05) is 44.0 Å². The van der Waals surface area contributed by atoms with Crippen molar-refractivity contribution in [2.24, 2.45) is 0 Å². The zero-order valence-corrected chi connectivity index (χ0v) is 19.4. The van der Waals surface area contributed by atoms with Gasteiger partial charge in [0.05, 0.1) is 5.69 Å². The first-order chi connectivity index (χ1) is 15.9. The highest BCUT2D eigenvalue weighted by Crippen LogP contribution is 2.29. The molecule has 1 heterocycles. The largest absolute Gasteiger partial charge is 0.489 e. The van der Waals surface area contributed by atoms with Crippen LogP contribution in [0, 0.1) is 5.82 Å². The summed E-state index contributed by atoms with van der Waals surface area (Å²) in [7, 11) is 5.76. The van der Waals surface area contributed by atoms with Crippen molar-refractivity contribution < 1.29 is 13.9 Å². The number of anilines is 2. The molecule has 0 aliphatic carbocycles. The summed E-state index contributed by atoms with van der Waals surface area (Å²) in [6.45, 7) is 2.05. The van der Waals surface area contributed by atoms with E-state index in [2.05, 4.69) is 23.9 Å². The quantitative estimate of drug-likeness (QED) is 0.520. The van der Waals surface area contributed by atoms with Crippen LogP contribution in [0.3, 0.4) is 0 Å². The lowest BCUT2D eigenvalue weighted by molar-refractivity contribution is 0.0992. The maximum atomic E-state index is 15.0. The lowest BCUT2D eigenvalue weighted by Gasteiger charge is -2.24. The van der Waals surface area contributed by atoms with E-state index in [9.17, 15) is 9.18 Å². The minimum absolute atomic E-state index is 0.221. The van der Waals surface area contributed by atoms with Crippen molar-refractivity contribution in [3.05, 3.63) is 89.7 Å². The Bertz CT molecular complexity index is 1100. The minimum atomic E-state index is -0.313. The van der Waals surface area contributed by atoms with Gasteiger partial charge in [-0.2, -0.15) is 0 Å². The molecule has 0 saturated carbocycles. The topological polar surface area (TPSA) is 36.0 Å². The molecule has 0 aromatic heterocycles. The van der Waals surface area contributed by atoms with Crippen LogP contribution in [0.1, 0.15) is 22.3 Å². The molecule has 3 aromatic rings. The van der Waals surface area contributed by atoms with Crippen molar-refractivity contribution in [1.29, 1.82) is 0 Å². The van der Waals surface area contributed by atoms with Crippen LogP contribution in [0.15, 0.2) is 72.8 Å². The van der Waals surface area contributed by atoms with Gasteiger partial charge in [0.25, 0.3) is 5.91 Å². The number of carbonyl (C=O) groups excluding carboxylic acids is 1. The summed E-state index contributed by atoms with van der Waals surface area (Å²) in [4.78, 5) is 18.8. The molecule has 0 N–H and O–H groups in total. The molecule has 1 amide bonds. The molecule has 4 rings (SSSR count). The molecule has 1 aliphatic heterocycles. The second-order valence-electron chi connectivity index (χ2n) is 8.65. The van der Waals surface area contributed by atoms with Crippen LogP contribution >= 0.6 is 0 Å². The Kier molecular flexibility index (Phi) is 6.94. The van der Waals surface area contributed by atoms with Gasteiger partial charge in [-0.15, -0.1) is 0 Å². The number of benzene rings is 3. The number of rotatable bonds is 7. The fraction of sp³-hybridized carbons (Fsp3) is 0.296. The SMILES string of the molecule is CN(C(=O)c1cccc(OCc2ccccc2)c1)c1ccc(N2CCC(N(C)C)C2)c(F)c1. The first kappa shape index (κ1) is 22.8. The second-order valence-corrected chi connectivity index (χ2v) is 8.65. The van der Waals surface area contributed by atoms with E-state index >= 15 is 0 Å². The number of ether oxygens (including phenoxy) is 1. The molecule has 172 valence electrons. The second kappa shape index (κ2) is 10.0. The number of likely N-dealkylation sites (N-methyl/N-ethyl adjacent to an activating group) is 1. The molecular weight excluding hydrogens is 417 g/mol. The van der Waals surface area contributed by atoms with Crippen molar-refractivity contribution in [3.8, 4) is 5.75 Å². The monoisotopic (exact) mass is 447 g/mol. The Balaban J connectivity index is 1.44. The van der Waals surface area contributed by atoms with Gasteiger partial charge < -0.3 is 19.4 Å². The summed E-state index contributed by atoms with van der Waals surface area (Å²) < 4.78 is 20.8. The van der Waals surface area contributed by atoms with Gasteiger partial charge in [0.15, 0.2) is 0 Å². The molecular formula is C27H30FN3O2. The highest BCUT2D eigenvalue weighted by molar-refractivity contribution is 6.06. The first-order valence-electron chi connectivity index (χ1n) is 11.2. The van der Waals surface area contributed by atoms with Crippen LogP contribution < -0.4 is 14.5 Å². The fourth-order valence-corrected chi connectivity index (χ4v) is 4.11. The smallest absolute Gasteiger partial charge is 0.258 e. The predicted octanol–water partition coefficient (Wildman–Crippen LogP) is 4.82. The Morgan fingerprint density at radius 3 is 2.52 bits per heavy atom. The van der Waals surface area contributed by atoms with E-state index < -0.39 is 0 Å². The van der Waals surface area contributed by atoms with E-state index in [4.69, 9.17) is 4.74 Å². The molecule has 0 spiro atoms. The number of carbonyl (C=O) groups is 1. The Labute approximate surface area is 195 Å². The molecule has 1 atom stereocenters. The van der Waals surface area contributed by atoms with Crippen LogP contribution in [0.5, 0.6) is 5.75 Å². The van der Waals surface area contributed by atoms with Gasteiger partial charge >= 0.3 is 0 Å². The van der Waals surface area contributed by atoms with Gasteiger partial charge in [0.2, 0.25) is 0 Å². The average molecular weight is 448 g/mol. The van der Waals surface area contributed by atoms with E-state index in [-0.39, 0.29) is 11.7 Å². The molecule has 1 unspecified atom stereocenters. The highest BCUT2D eigenvalue weighted by Gasteiger charge is 2.26. The van der Waals surface area contributed by atoms with Crippen molar-refractivity contribution in [2.45, 2.75) is 19.1 Å². The molecule has 1 fully saturated rings. The standard InChI is InChI=1S/C27H30FN3O2/c1-29(2)23-14-15-31(18-23)26-13-12-22(17-25(26)28)30(3)27(32)21-10-7-11-24(16-21)33-19-20-8-5-4-6-9-20/h4-13,16-17,23H,14-15,18-19H2,1-3H3. The predicted molar refractivity (Wildman–Crippen MR) is 131 cm³/mol. The van der Waals surface area contributed by atoms with Crippen molar-refractivity contribution >= 4 is 17.3 Å². The number of amides is 1. The van der Waals surface area contributed by atoms with Crippen LogP contribution in [0.4, 0.5) is 15.8 Å². The maximum absolute atomic E-state index is 15.0. The summed E-state index contributed by atoms with van der Waals surface area (Å²) in [5, 5.41) is 0. The van der Waals surface area contributed by atoms with Gasteiger partial charge in [0.1, 0.15) is 18.2 Å². The Morgan fingerprint density at radius 1 is 1.03 bits per heavy atom. The van der Waals surface area contributed by atoms with Crippen LogP contribution in [-0.4, -0.2) is 51.1 Å². The Hall–Kier alpha value is -3.38. The highest BCUT2D eigenvalue weighted by atomic mass is 19.1. The summed E-state index contributed by atoms with van der Waals surface area (Å²) >= 11 is 0. The lowest BCUT2D eigenvalue weighted by atomic mass is 10.1. The molecule has 1 aliphatic rings. The first-order valence-corrected chi connectivity index (χ1v) is 11.2. The molecule has 6 heteroatoms. The minimum Gasteiger partial charge on any atom is -0.489 e. The van der Waals surface area contributed by atoms with E-state index in [1.807, 2.05) is 36.4 Å². The van der Waals surface area contributed by atoms with Gasteiger partial charge in [-0.05, 0) is 62.5 Å². The van der Waals surface area contributed by atoms with Gasteiger partial charge in [-0.3, -0.25) is 4.79 Å². The average Bonchev–Trinajstić information content (AvgIpc) is 3.33. The van der Waals surface area contributed by atoms with Crippen molar-refractivity contribution in [1.82, 2.24) is 4.90 Å². The zero-order chi connectivity index (χ0) is 23.4. The lowest BCUT2D eigenvalue weighted by Crippen LogP contribution is -2.31. The number of nitrogens with zero attached hydrogens (tertiary/aromatic N) is 3. The third kappa shape index (κ3) is 5.34. The molecule has 33 heavy (non-hydrogen) atoms. The molecule has 0 bridgehead atoms. The normalized spacial score (nSPS) is 15.7. The third-order valence-corrected chi connectivity index (χ3v) is 6.19. The van der Waals surface area contributed by atoms with Gasteiger partial charge in [-0.1, -0.05) is 36.4 Å². The van der Waals surface area contributed by atoms with Crippen molar-refractivity contribution in [3.63, 3.8) is 0 Å². The van der Waals surface area contributed by atoms with Gasteiger partial charge in [0, 0.05) is 37.4 Å². The number of hydrogen-bond donors (Lipinski definition) is 0. The van der Waals surface area contributed by atoms with E-state index in [1.54, 1.807) is 37.4 Å². The summed E-state index contributed by atoms with van der Waals surface area (Å²) in [5.74, 6) is 0.0803. The van der Waals surface area contributed by atoms with E-state index in [1.165, 1.54) is 11.0 Å². The maximum Gasteiger partial charge on any atom is 0.258 e. The molecule has 5 nitrogen and oxygen atoms in total. The van der Waals surface area contributed by atoms with E-state index in [0.29, 0.717) is 35.3 Å². The summed E-state index contributed by atoms with van der Waals surface area (Å²) in [5.41, 5.74) is 2.64. The molecule has 0 radical (unpaired) electrons. The fourth-order valence-electron chi connectivity index (χ4n) is 4.11. The third-order valence-electron chi connectivity index (χ3n) is 6.19. The summed E-state index contributed by atoms with van der Waals surface area (Å²) in [6, 6.07) is 22.4. The number of halogens is 1. The van der Waals surface area contributed by atoms with Crippen LogP contribution in [0.25, 0.3) is 0 Å². The number of hydrogen-bond acceptors (Lipinski definition) is 4. The molecule has 1 saturated heterocycles. The van der Waals surface area contributed by atoms with E-state index in [0.717, 1.165) is 25.1 Å². The Morgan fingerprint density at radius 2 is 1.82 bits per heavy atom.